The third kappa shape index (κ3) is 6.94. The van der Waals surface area contributed by atoms with E-state index in [1.165, 1.54) is 6.92 Å². The summed E-state index contributed by atoms with van der Waals surface area (Å²) in [4.78, 5) is 11.9. The molecule has 5 N–H and O–H groups in total. The Labute approximate surface area is 323 Å². The molecular weight excluding hydrogens is 718 g/mol. The van der Waals surface area contributed by atoms with Crippen LogP contribution in [0.3, 0.4) is 0 Å². The third-order valence-corrected chi connectivity index (χ3v) is 15.9. The Morgan fingerprint density at radius 1 is 0.727 bits per heavy atom. The van der Waals surface area contributed by atoms with Gasteiger partial charge < -0.3 is 58.7 Å². The number of alkyl halides is 1. The van der Waals surface area contributed by atoms with E-state index in [4.69, 9.17) is 33.2 Å². The van der Waals surface area contributed by atoms with E-state index < -0.39 is 91.0 Å². The Bertz CT molecular complexity index is 1410. The fourth-order valence-corrected chi connectivity index (χ4v) is 12.7. The molecule has 55 heavy (non-hydrogen) atoms. The van der Waals surface area contributed by atoms with Crippen molar-refractivity contribution in [2.24, 2.45) is 34.5 Å². The minimum absolute atomic E-state index is 0.0506. The highest BCUT2D eigenvalue weighted by atomic mass is 18.2. The van der Waals surface area contributed by atoms with Gasteiger partial charge in [0.25, 0.3) is 0 Å². The second kappa shape index (κ2) is 15.1. The first kappa shape index (κ1) is 40.5. The van der Waals surface area contributed by atoms with E-state index in [1.807, 2.05) is 13.8 Å². The van der Waals surface area contributed by atoms with E-state index in [1.54, 1.807) is 13.0 Å². The summed E-state index contributed by atoms with van der Waals surface area (Å²) >= 11 is 0. The largest absolute Gasteiger partial charge is 0.458 e. The number of aliphatic hydroxyl groups is 5. The number of carbonyl (C=O) groups is 1. The highest BCUT2D eigenvalue weighted by Gasteiger charge is 2.71. The molecule has 0 aromatic rings. The average molecular weight is 782 g/mol. The van der Waals surface area contributed by atoms with Crippen LogP contribution in [0.1, 0.15) is 105 Å². The quantitative estimate of drug-likeness (QED) is 0.188. The van der Waals surface area contributed by atoms with Gasteiger partial charge in [-0.3, -0.25) is 0 Å². The second-order valence-corrected chi connectivity index (χ2v) is 18.8. The van der Waals surface area contributed by atoms with E-state index in [0.29, 0.717) is 18.8 Å². The molecule has 21 atom stereocenters. The van der Waals surface area contributed by atoms with Crippen molar-refractivity contribution in [3.63, 3.8) is 0 Å². The summed E-state index contributed by atoms with van der Waals surface area (Å²) < 4.78 is 55.8. The van der Waals surface area contributed by atoms with Gasteiger partial charge in [0.05, 0.1) is 54.4 Å². The van der Waals surface area contributed by atoms with Crippen LogP contribution in [-0.4, -0.2) is 130 Å². The van der Waals surface area contributed by atoms with Crippen molar-refractivity contribution in [2.75, 3.05) is 6.61 Å². The van der Waals surface area contributed by atoms with Gasteiger partial charge in [0.15, 0.2) is 25.0 Å². The maximum Gasteiger partial charge on any atom is 0.331 e. The summed E-state index contributed by atoms with van der Waals surface area (Å²) in [6.45, 7) is 9.73. The van der Waals surface area contributed by atoms with Gasteiger partial charge in [0.1, 0.15) is 18.8 Å². The van der Waals surface area contributed by atoms with Crippen LogP contribution in [0.2, 0.25) is 0 Å². The summed E-state index contributed by atoms with van der Waals surface area (Å²) in [6, 6.07) is 0. The molecule has 13 nitrogen and oxygen atoms in total. The van der Waals surface area contributed by atoms with Crippen LogP contribution < -0.4 is 0 Å². The zero-order valence-corrected chi connectivity index (χ0v) is 32.8. The van der Waals surface area contributed by atoms with Crippen LogP contribution in [0.5, 0.6) is 0 Å². The number of fused-ring (bicyclic) bond motifs is 5. The fraction of sp³-hybridized carbons (Fsp3) is 0.927. The molecule has 0 aromatic carbocycles. The number of cyclic esters (lactones) is 1. The minimum Gasteiger partial charge on any atom is -0.458 e. The molecule has 8 rings (SSSR count). The monoisotopic (exact) mass is 781 g/mol. The second-order valence-electron chi connectivity index (χ2n) is 18.8. The van der Waals surface area contributed by atoms with Crippen molar-refractivity contribution in [1.82, 2.24) is 0 Å². The number of hydrogen-bond acceptors (Lipinski definition) is 13. The molecule has 0 amide bonds. The minimum atomic E-state index is -1.50. The highest BCUT2D eigenvalue weighted by Crippen LogP contribution is 2.70. The van der Waals surface area contributed by atoms with E-state index in [-0.39, 0.29) is 61.1 Å². The Hall–Kier alpha value is -1.30. The molecule has 8 aliphatic rings. The molecule has 4 aliphatic carbocycles. The lowest BCUT2D eigenvalue weighted by Gasteiger charge is -2.65. The molecule has 3 saturated heterocycles. The number of halogens is 1. The molecule has 312 valence electrons. The van der Waals surface area contributed by atoms with E-state index in [2.05, 4.69) is 6.92 Å². The van der Waals surface area contributed by atoms with Crippen LogP contribution in [0.15, 0.2) is 11.6 Å². The molecular formula is C41H63FO13. The number of hydrogen-bond donors (Lipinski definition) is 5. The molecule has 14 heteroatoms. The molecule has 0 radical (unpaired) electrons. The summed E-state index contributed by atoms with van der Waals surface area (Å²) in [5.74, 6) is 0.184. The van der Waals surface area contributed by atoms with Crippen LogP contribution >= 0.6 is 0 Å². The Balaban J connectivity index is 0.837. The predicted octanol–water partition coefficient (Wildman–Crippen LogP) is 3.20. The Morgan fingerprint density at radius 3 is 1.91 bits per heavy atom. The molecule has 0 bridgehead atoms. The van der Waals surface area contributed by atoms with Crippen molar-refractivity contribution >= 4 is 5.97 Å². The maximum absolute atomic E-state index is 14.0. The lowest BCUT2D eigenvalue weighted by molar-refractivity contribution is -0.335. The summed E-state index contributed by atoms with van der Waals surface area (Å²) in [5.41, 5.74) is -0.907. The molecule has 4 aliphatic heterocycles. The topological polar surface area (TPSA) is 183 Å². The SMILES string of the molecule is CC1OC(OC2C(O)CC(OC3C(O)CC(O[C@H]4CC[C@@]5(C)[C@H](CC[C@@H]6[C@@H]5C[C@@H](O)[C@]5(C)[C@@H](C7=CC(=O)OC7)CC[C@]65O)C4)OC3C)OC2C)CC(O)C1[18F]. The van der Waals surface area contributed by atoms with E-state index >= 15 is 0 Å². The van der Waals surface area contributed by atoms with Crippen LogP contribution in [0.25, 0.3) is 0 Å². The van der Waals surface area contributed by atoms with Crippen molar-refractivity contribution in [1.29, 1.82) is 0 Å². The van der Waals surface area contributed by atoms with E-state index in [9.17, 15) is 34.7 Å². The van der Waals surface area contributed by atoms with E-state index in [0.717, 1.165) is 44.1 Å². The summed E-state index contributed by atoms with van der Waals surface area (Å²) in [6.07, 6.45) is -2.92. The maximum atomic E-state index is 14.0. The van der Waals surface area contributed by atoms with Gasteiger partial charge in [-0.05, 0) is 107 Å². The number of esters is 1. The molecule has 4 saturated carbocycles. The standard InChI is InChI=1S/C41H63FO13/c1-19-36(42)28(43)15-34(50-19)54-38-21(3)52-35(17-30(38)45)55-37-20(2)51-33(16-29(37)44)53-24-8-10-39(4)23(13-24)6-7-26-27(39)14-31(46)40(5)25(9-11-41(26,40)48)22-12-32(47)49-18-22/h12,19-21,23-31,33-38,43-46,48H,6-11,13-18H2,1-5H3/t19?,20?,21?,23-,24+,25-,26-,27+,28?,29?,30?,31-,33?,34?,35?,36?,37?,38?,39+,40+,41+/m1/s1/i42-1. The average Bonchev–Trinajstić information content (AvgIpc) is 3.67. The van der Waals surface area contributed by atoms with Gasteiger partial charge in [0.2, 0.25) is 0 Å². The number of carbonyl (C=O) groups excluding carboxylic acids is 1. The van der Waals surface area contributed by atoms with Gasteiger partial charge in [-0.25, -0.2) is 9.18 Å². The normalized spacial score (nSPS) is 55.5. The lowest BCUT2D eigenvalue weighted by atomic mass is 9.42. The van der Waals surface area contributed by atoms with Gasteiger partial charge >= 0.3 is 5.97 Å². The molecule has 4 heterocycles. The molecule has 12 unspecified atom stereocenters. The Kier molecular flexibility index (Phi) is 11.1. The van der Waals surface area contributed by atoms with Gasteiger partial charge in [0, 0.05) is 30.8 Å². The number of rotatable bonds is 7. The van der Waals surface area contributed by atoms with Gasteiger partial charge in [-0.1, -0.05) is 13.8 Å². The zero-order chi connectivity index (χ0) is 39.2. The van der Waals surface area contributed by atoms with Gasteiger partial charge in [-0.2, -0.15) is 0 Å². The first-order valence-electron chi connectivity index (χ1n) is 20.9. The van der Waals surface area contributed by atoms with Crippen LogP contribution in [0.4, 0.5) is 4.39 Å². The molecule has 7 fully saturated rings. The first-order chi connectivity index (χ1) is 26.0. The first-order valence-corrected chi connectivity index (χ1v) is 20.9. The highest BCUT2D eigenvalue weighted by molar-refractivity contribution is 5.85. The number of ether oxygens (including phenoxy) is 7. The zero-order valence-electron chi connectivity index (χ0n) is 32.8. The predicted molar refractivity (Wildman–Crippen MR) is 191 cm³/mol. The van der Waals surface area contributed by atoms with Crippen molar-refractivity contribution in [3.8, 4) is 0 Å². The fourth-order valence-electron chi connectivity index (χ4n) is 12.7. The van der Waals surface area contributed by atoms with Crippen molar-refractivity contribution < 1.29 is 67.9 Å². The number of aliphatic hydroxyl groups excluding tert-OH is 4. The molecule has 0 aromatic heterocycles. The van der Waals surface area contributed by atoms with Gasteiger partial charge in [-0.15, -0.1) is 0 Å². The molecule has 0 spiro atoms. The smallest absolute Gasteiger partial charge is 0.331 e. The van der Waals surface area contributed by atoms with Crippen molar-refractivity contribution in [3.05, 3.63) is 11.6 Å². The lowest BCUT2D eigenvalue weighted by Crippen LogP contribution is -2.67. The summed E-state index contributed by atoms with van der Waals surface area (Å²) in [7, 11) is 0. The summed E-state index contributed by atoms with van der Waals surface area (Å²) in [5, 5.41) is 56.7. The van der Waals surface area contributed by atoms with Crippen LogP contribution in [-0.2, 0) is 38.0 Å². The van der Waals surface area contributed by atoms with Crippen molar-refractivity contribution in [2.45, 2.75) is 197 Å². The Morgan fingerprint density at radius 2 is 1.33 bits per heavy atom. The third-order valence-electron chi connectivity index (χ3n) is 15.9. The van der Waals surface area contributed by atoms with Crippen LogP contribution in [0, 0.1) is 34.5 Å².